The van der Waals surface area contributed by atoms with Crippen molar-refractivity contribution in [3.05, 3.63) is 24.8 Å². The van der Waals surface area contributed by atoms with Gasteiger partial charge in [0, 0.05) is 0 Å². The quantitative estimate of drug-likeness (QED) is 0.354. The van der Waals surface area contributed by atoms with E-state index in [0.29, 0.717) is 38.6 Å². The average molecular weight is 314 g/mol. The summed E-state index contributed by atoms with van der Waals surface area (Å²) in [7, 11) is 0. The van der Waals surface area contributed by atoms with E-state index in [-0.39, 0.29) is 24.7 Å². The predicted molar refractivity (Wildman–Crippen MR) is 87.2 cm³/mol. The number of quaternary nitrogens is 1. The minimum atomic E-state index is -0.388. The fraction of sp³-hybridized carbons (Fsp3) is 0.706. The molecule has 0 aliphatic rings. The molecule has 0 bridgehead atoms. The summed E-state index contributed by atoms with van der Waals surface area (Å²) >= 11 is 0. The summed E-state index contributed by atoms with van der Waals surface area (Å²) in [5, 5.41) is 29.5. The van der Waals surface area contributed by atoms with Gasteiger partial charge in [-0.2, -0.15) is 0 Å². The van der Waals surface area contributed by atoms with E-state index in [4.69, 9.17) is 5.11 Å². The van der Waals surface area contributed by atoms with Gasteiger partial charge in [-0.15, -0.1) is 6.58 Å². The lowest BCUT2D eigenvalue weighted by Gasteiger charge is -2.08. The maximum atomic E-state index is 11.3. The summed E-state index contributed by atoms with van der Waals surface area (Å²) in [4.78, 5) is 11.3. The van der Waals surface area contributed by atoms with Crippen LogP contribution in [0.3, 0.4) is 0 Å². The van der Waals surface area contributed by atoms with Crippen molar-refractivity contribution in [2.24, 2.45) is 0 Å². The van der Waals surface area contributed by atoms with Crippen molar-refractivity contribution in [3.63, 3.8) is 0 Å². The molecule has 22 heavy (non-hydrogen) atoms. The highest BCUT2D eigenvalue weighted by Crippen LogP contribution is 2.08. The normalized spacial score (nSPS) is 14.1. The topological polar surface area (TPSA) is 94.4 Å². The first kappa shape index (κ1) is 21.0. The number of hydrogen-bond acceptors (Lipinski definition) is 4. The van der Waals surface area contributed by atoms with Crippen LogP contribution in [0.5, 0.6) is 0 Å². The average Bonchev–Trinajstić information content (AvgIpc) is 2.50. The van der Waals surface area contributed by atoms with Crippen LogP contribution < -0.4 is 5.32 Å². The number of nitrogens with two attached hydrogens (primary N) is 1. The third kappa shape index (κ3) is 13.9. The molecule has 5 heteroatoms. The Bertz CT molecular complexity index is 318. The zero-order chi connectivity index (χ0) is 16.6. The summed E-state index contributed by atoms with van der Waals surface area (Å²) in [6, 6.07) is 0. The molecule has 5 N–H and O–H groups in total. The second kappa shape index (κ2) is 14.9. The molecule has 0 spiro atoms. The Morgan fingerprint density at radius 3 is 2.50 bits per heavy atom. The molecular formula is C17H32NO4+. The maximum Gasteiger partial charge on any atom is 0.310 e. The molecule has 0 rings (SSSR count). The molecule has 0 radical (unpaired) electrons. The molecule has 2 atom stereocenters. The SMILES string of the molecule is C=CCCC(O)C/C=C/CCC(O)CCCC(=O)[NH2+]CCO. The van der Waals surface area contributed by atoms with Crippen LogP contribution in [0.15, 0.2) is 24.8 Å². The molecule has 0 aliphatic carbocycles. The first-order valence-electron chi connectivity index (χ1n) is 8.19. The van der Waals surface area contributed by atoms with Crippen molar-refractivity contribution in [2.45, 2.75) is 63.6 Å². The smallest absolute Gasteiger partial charge is 0.310 e. The Labute approximate surface area is 133 Å². The lowest BCUT2D eigenvalue weighted by molar-refractivity contribution is -0.570. The summed E-state index contributed by atoms with van der Waals surface area (Å²) in [5.74, 6) is 0.0367. The zero-order valence-electron chi connectivity index (χ0n) is 13.5. The monoisotopic (exact) mass is 314 g/mol. The Kier molecular flexibility index (Phi) is 14.2. The van der Waals surface area contributed by atoms with E-state index in [2.05, 4.69) is 6.58 Å². The van der Waals surface area contributed by atoms with Crippen molar-refractivity contribution in [1.82, 2.24) is 0 Å². The van der Waals surface area contributed by atoms with E-state index in [1.54, 1.807) is 6.08 Å². The van der Waals surface area contributed by atoms with Crippen molar-refractivity contribution in [3.8, 4) is 0 Å². The minimum Gasteiger partial charge on any atom is -0.393 e. The Balaban J connectivity index is 3.54. The number of primary amides is 1. The fourth-order valence-corrected chi connectivity index (χ4v) is 2.07. The summed E-state index contributed by atoms with van der Waals surface area (Å²) < 4.78 is 0. The molecule has 0 aromatic carbocycles. The standard InChI is InChI=1S/C17H31NO4/c1-2-3-8-15(20)9-5-4-6-10-16(21)11-7-12-17(22)18-13-14-19/h2,4-5,15-16,19-21H,1,3,6-14H2,(H,18,22)/p+1/b5-4+. The van der Waals surface area contributed by atoms with Gasteiger partial charge in [0.25, 0.3) is 0 Å². The van der Waals surface area contributed by atoms with E-state index < -0.39 is 0 Å². The highest BCUT2D eigenvalue weighted by Gasteiger charge is 2.08. The van der Waals surface area contributed by atoms with Gasteiger partial charge in [-0.1, -0.05) is 18.2 Å². The molecule has 0 aliphatic heterocycles. The van der Waals surface area contributed by atoms with Crippen LogP contribution in [0.25, 0.3) is 0 Å². The molecule has 0 heterocycles. The first-order chi connectivity index (χ1) is 10.6. The van der Waals surface area contributed by atoms with Gasteiger partial charge in [-0.25, -0.2) is 4.79 Å². The molecule has 0 fully saturated rings. The van der Waals surface area contributed by atoms with Crippen LogP contribution in [0.1, 0.15) is 51.4 Å². The van der Waals surface area contributed by atoms with E-state index in [1.807, 2.05) is 12.2 Å². The largest absolute Gasteiger partial charge is 0.393 e. The van der Waals surface area contributed by atoms with Crippen LogP contribution in [0, 0.1) is 0 Å². The van der Waals surface area contributed by atoms with E-state index >= 15 is 0 Å². The molecule has 0 saturated carbocycles. The summed E-state index contributed by atoms with van der Waals surface area (Å²) in [5.41, 5.74) is 0. The van der Waals surface area contributed by atoms with E-state index in [9.17, 15) is 15.0 Å². The van der Waals surface area contributed by atoms with Gasteiger partial charge in [0.15, 0.2) is 0 Å². The zero-order valence-corrected chi connectivity index (χ0v) is 13.5. The molecule has 5 nitrogen and oxygen atoms in total. The van der Waals surface area contributed by atoms with Crippen LogP contribution in [0.4, 0.5) is 0 Å². The summed E-state index contributed by atoms with van der Waals surface area (Å²) in [6.45, 7) is 4.03. The highest BCUT2D eigenvalue weighted by atomic mass is 16.3. The molecule has 0 saturated heterocycles. The third-order valence-corrected chi connectivity index (χ3v) is 3.41. The number of rotatable bonds is 14. The number of amides is 1. The lowest BCUT2D eigenvalue weighted by Crippen LogP contribution is -2.88. The Morgan fingerprint density at radius 2 is 1.82 bits per heavy atom. The van der Waals surface area contributed by atoms with Gasteiger partial charge in [-0.3, -0.25) is 5.32 Å². The van der Waals surface area contributed by atoms with Crippen molar-refractivity contribution >= 4 is 5.91 Å². The van der Waals surface area contributed by atoms with Gasteiger partial charge in [0.05, 0.1) is 25.2 Å². The van der Waals surface area contributed by atoms with Crippen molar-refractivity contribution < 1.29 is 25.4 Å². The van der Waals surface area contributed by atoms with Gasteiger partial charge < -0.3 is 15.3 Å². The van der Waals surface area contributed by atoms with E-state index in [1.165, 1.54) is 5.32 Å². The van der Waals surface area contributed by atoms with Crippen molar-refractivity contribution in [1.29, 1.82) is 0 Å². The number of carbonyl (C=O) groups is 1. The van der Waals surface area contributed by atoms with Gasteiger partial charge in [-0.05, 0) is 44.9 Å². The van der Waals surface area contributed by atoms with Gasteiger partial charge in [0.1, 0.15) is 6.54 Å². The van der Waals surface area contributed by atoms with Crippen molar-refractivity contribution in [2.75, 3.05) is 13.2 Å². The number of allylic oxidation sites excluding steroid dienone is 2. The van der Waals surface area contributed by atoms with Gasteiger partial charge in [0.2, 0.25) is 0 Å². The molecule has 2 unspecified atom stereocenters. The lowest BCUT2D eigenvalue weighted by atomic mass is 10.1. The van der Waals surface area contributed by atoms with Gasteiger partial charge >= 0.3 is 5.91 Å². The minimum absolute atomic E-state index is 0.00296. The molecule has 1 amide bonds. The fourth-order valence-electron chi connectivity index (χ4n) is 2.07. The molecule has 0 aromatic heterocycles. The summed E-state index contributed by atoms with van der Waals surface area (Å²) in [6.07, 6.45) is 10.4. The Hall–Kier alpha value is -1.01. The highest BCUT2D eigenvalue weighted by molar-refractivity contribution is 5.65. The van der Waals surface area contributed by atoms with E-state index in [0.717, 1.165) is 19.3 Å². The Morgan fingerprint density at radius 1 is 1.09 bits per heavy atom. The second-order valence-electron chi connectivity index (χ2n) is 5.53. The predicted octanol–water partition coefficient (Wildman–Crippen LogP) is 0.654. The third-order valence-electron chi connectivity index (χ3n) is 3.41. The number of aliphatic hydroxyl groups is 3. The van der Waals surface area contributed by atoms with Crippen LogP contribution in [-0.4, -0.2) is 46.6 Å². The molecule has 128 valence electrons. The second-order valence-corrected chi connectivity index (χ2v) is 5.53. The van der Waals surface area contributed by atoms with Crippen LogP contribution in [-0.2, 0) is 4.79 Å². The first-order valence-corrected chi connectivity index (χ1v) is 8.19. The number of aliphatic hydroxyl groups excluding tert-OH is 3. The number of carbonyl (C=O) groups excluding carboxylic acids is 1. The van der Waals surface area contributed by atoms with Crippen LogP contribution in [0.2, 0.25) is 0 Å². The van der Waals surface area contributed by atoms with Crippen LogP contribution >= 0.6 is 0 Å². The molecule has 0 aromatic rings. The maximum absolute atomic E-state index is 11.3. The number of hydrogen-bond donors (Lipinski definition) is 4. The molecular weight excluding hydrogens is 282 g/mol.